The molecule has 1 saturated carbocycles. The average molecular weight is 300 g/mol. The second kappa shape index (κ2) is 5.54. The van der Waals surface area contributed by atoms with E-state index in [1.807, 2.05) is 7.05 Å². The fourth-order valence-corrected chi connectivity index (χ4v) is 3.79. The summed E-state index contributed by atoms with van der Waals surface area (Å²) in [6.45, 7) is 6.65. The normalized spacial score (nSPS) is 17.0. The molecule has 0 amide bonds. The van der Waals surface area contributed by atoms with Crippen LogP contribution in [0.1, 0.15) is 67.4 Å². The van der Waals surface area contributed by atoms with Crippen molar-refractivity contribution in [2.75, 3.05) is 7.05 Å². The maximum Gasteiger partial charge on any atom is 0.114 e. The van der Waals surface area contributed by atoms with Crippen LogP contribution in [-0.4, -0.2) is 12.0 Å². The van der Waals surface area contributed by atoms with E-state index in [0.29, 0.717) is 0 Å². The first-order valence-electron chi connectivity index (χ1n) is 7.72. The first-order chi connectivity index (χ1) is 9.99. The molecule has 0 saturated heterocycles. The molecule has 1 aliphatic rings. The summed E-state index contributed by atoms with van der Waals surface area (Å²) in [5.41, 5.74) is 4.11. The molecule has 2 aromatic rings. The highest BCUT2D eigenvalue weighted by Crippen LogP contribution is 2.41. The van der Waals surface area contributed by atoms with Crippen LogP contribution in [0.25, 0.3) is 0 Å². The number of aromatic nitrogens is 1. The first kappa shape index (κ1) is 14.7. The number of nitrogens with zero attached hydrogens (tertiary/aromatic N) is 1. The number of benzene rings is 1. The second-order valence-corrected chi connectivity index (χ2v) is 7.88. The maximum atomic E-state index is 4.88. The molecule has 0 aliphatic heterocycles. The van der Waals surface area contributed by atoms with Gasteiger partial charge in [-0.3, -0.25) is 0 Å². The summed E-state index contributed by atoms with van der Waals surface area (Å²) in [5, 5.41) is 6.80. The Balaban J connectivity index is 1.90. The van der Waals surface area contributed by atoms with E-state index in [0.717, 1.165) is 10.9 Å². The predicted octanol–water partition coefficient (Wildman–Crippen LogP) is 4.63. The van der Waals surface area contributed by atoms with E-state index in [4.69, 9.17) is 4.98 Å². The lowest BCUT2D eigenvalue weighted by Crippen LogP contribution is -2.19. The number of hydrogen-bond acceptors (Lipinski definition) is 3. The van der Waals surface area contributed by atoms with E-state index in [-0.39, 0.29) is 11.5 Å². The highest BCUT2D eigenvalue weighted by atomic mass is 32.1. The summed E-state index contributed by atoms with van der Waals surface area (Å²) in [5.74, 6) is 0.795. The lowest BCUT2D eigenvalue weighted by Gasteiger charge is -2.17. The Labute approximate surface area is 131 Å². The Hall–Kier alpha value is -1.19. The monoisotopic (exact) mass is 300 g/mol. The summed E-state index contributed by atoms with van der Waals surface area (Å²) < 4.78 is 0. The van der Waals surface area contributed by atoms with Crippen LogP contribution in [0.15, 0.2) is 29.6 Å². The van der Waals surface area contributed by atoms with Gasteiger partial charge in [-0.1, -0.05) is 45.0 Å². The third-order valence-electron chi connectivity index (χ3n) is 4.12. The smallest absolute Gasteiger partial charge is 0.114 e. The lowest BCUT2D eigenvalue weighted by atomic mass is 9.93. The molecule has 21 heavy (non-hydrogen) atoms. The molecule has 1 fully saturated rings. The Morgan fingerprint density at radius 3 is 2.62 bits per heavy atom. The summed E-state index contributed by atoms with van der Waals surface area (Å²) >= 11 is 1.76. The lowest BCUT2D eigenvalue weighted by molar-refractivity contribution is 0.566. The van der Waals surface area contributed by atoms with Gasteiger partial charge >= 0.3 is 0 Å². The van der Waals surface area contributed by atoms with Gasteiger partial charge in [-0.2, -0.15) is 0 Å². The fourth-order valence-electron chi connectivity index (χ4n) is 2.61. The fraction of sp³-hybridized carbons (Fsp3) is 0.500. The van der Waals surface area contributed by atoms with Gasteiger partial charge in [0.05, 0.1) is 11.7 Å². The third-order valence-corrected chi connectivity index (χ3v) is 5.03. The highest BCUT2D eigenvalue weighted by molar-refractivity contribution is 7.09. The van der Waals surface area contributed by atoms with Crippen molar-refractivity contribution < 1.29 is 0 Å². The van der Waals surface area contributed by atoms with E-state index < -0.39 is 0 Å². The van der Waals surface area contributed by atoms with Crippen LogP contribution in [0.3, 0.4) is 0 Å². The second-order valence-electron chi connectivity index (χ2n) is 6.99. The van der Waals surface area contributed by atoms with E-state index in [1.165, 1.54) is 29.7 Å². The van der Waals surface area contributed by atoms with Crippen LogP contribution in [0.5, 0.6) is 0 Å². The Bertz CT molecular complexity index is 620. The van der Waals surface area contributed by atoms with Crippen LogP contribution in [-0.2, 0) is 5.41 Å². The molecule has 0 bridgehead atoms. The molecular formula is C18H24N2S. The Morgan fingerprint density at radius 1 is 1.29 bits per heavy atom. The minimum absolute atomic E-state index is 0.114. The van der Waals surface area contributed by atoms with Gasteiger partial charge in [0.15, 0.2) is 0 Å². The number of hydrogen-bond donors (Lipinski definition) is 1. The third kappa shape index (κ3) is 3.19. The van der Waals surface area contributed by atoms with Gasteiger partial charge in [0, 0.05) is 10.8 Å². The zero-order valence-electron chi connectivity index (χ0n) is 13.3. The Kier molecular flexibility index (Phi) is 3.89. The number of thiazole rings is 1. The summed E-state index contributed by atoms with van der Waals surface area (Å²) in [6.07, 6.45) is 2.69. The van der Waals surface area contributed by atoms with Crippen molar-refractivity contribution in [3.8, 4) is 0 Å². The molecule has 0 radical (unpaired) electrons. The van der Waals surface area contributed by atoms with Crippen LogP contribution in [0.4, 0.5) is 0 Å². The van der Waals surface area contributed by atoms with Gasteiger partial charge in [0.2, 0.25) is 0 Å². The van der Waals surface area contributed by atoms with Gasteiger partial charge in [-0.05, 0) is 36.9 Å². The van der Waals surface area contributed by atoms with Crippen LogP contribution in [0, 0.1) is 0 Å². The summed E-state index contributed by atoms with van der Waals surface area (Å²) in [4.78, 5) is 4.88. The van der Waals surface area contributed by atoms with Gasteiger partial charge in [0.1, 0.15) is 5.01 Å². The maximum absolute atomic E-state index is 4.88. The summed E-state index contributed by atoms with van der Waals surface area (Å²) in [6, 6.07) is 9.22. The molecule has 1 aliphatic carbocycles. The molecule has 2 nitrogen and oxygen atoms in total. The largest absolute Gasteiger partial charge is 0.307 e. The SMILES string of the molecule is CNC(c1cccc(C2CC2)c1)c1nc(C(C)(C)C)cs1. The molecule has 0 spiro atoms. The topological polar surface area (TPSA) is 24.9 Å². The van der Waals surface area contributed by atoms with Crippen molar-refractivity contribution in [3.05, 3.63) is 51.5 Å². The van der Waals surface area contributed by atoms with Crippen molar-refractivity contribution in [1.29, 1.82) is 0 Å². The minimum Gasteiger partial charge on any atom is -0.307 e. The molecule has 1 atom stereocenters. The molecular weight excluding hydrogens is 276 g/mol. The van der Waals surface area contributed by atoms with Gasteiger partial charge in [0.25, 0.3) is 0 Å². The quantitative estimate of drug-likeness (QED) is 0.890. The average Bonchev–Trinajstić information content (AvgIpc) is 3.17. The van der Waals surface area contributed by atoms with Crippen LogP contribution < -0.4 is 5.32 Å². The molecule has 1 unspecified atom stereocenters. The molecule has 112 valence electrons. The molecule has 1 aromatic carbocycles. The van der Waals surface area contributed by atoms with E-state index in [2.05, 4.69) is 55.7 Å². The number of rotatable bonds is 4. The molecule has 3 heteroatoms. The molecule has 1 aromatic heterocycles. The van der Waals surface area contributed by atoms with Gasteiger partial charge < -0.3 is 5.32 Å². The number of nitrogens with one attached hydrogen (secondary N) is 1. The standard InChI is InChI=1S/C18H24N2S/c1-18(2,3)15-11-21-17(20-15)16(19-4)14-7-5-6-13(10-14)12-8-9-12/h5-7,10-12,16,19H,8-9H2,1-4H3. The van der Waals surface area contributed by atoms with Crippen LogP contribution >= 0.6 is 11.3 Å². The highest BCUT2D eigenvalue weighted by Gasteiger charge is 2.25. The molecule has 1 heterocycles. The molecule has 1 N–H and O–H groups in total. The van der Waals surface area contributed by atoms with E-state index >= 15 is 0 Å². The van der Waals surface area contributed by atoms with Crippen molar-refractivity contribution in [2.24, 2.45) is 0 Å². The van der Waals surface area contributed by atoms with Crippen molar-refractivity contribution in [3.63, 3.8) is 0 Å². The van der Waals surface area contributed by atoms with Gasteiger partial charge in [-0.25, -0.2) is 4.98 Å². The zero-order chi connectivity index (χ0) is 15.0. The zero-order valence-corrected chi connectivity index (χ0v) is 14.1. The van der Waals surface area contributed by atoms with Crippen molar-refractivity contribution >= 4 is 11.3 Å². The van der Waals surface area contributed by atoms with E-state index in [9.17, 15) is 0 Å². The molecule has 3 rings (SSSR count). The predicted molar refractivity (Wildman–Crippen MR) is 90.1 cm³/mol. The van der Waals surface area contributed by atoms with Gasteiger partial charge in [-0.15, -0.1) is 11.3 Å². The van der Waals surface area contributed by atoms with Crippen molar-refractivity contribution in [2.45, 2.75) is 51.0 Å². The van der Waals surface area contributed by atoms with Crippen LogP contribution in [0.2, 0.25) is 0 Å². The first-order valence-corrected chi connectivity index (χ1v) is 8.60. The minimum atomic E-state index is 0.114. The Morgan fingerprint density at radius 2 is 2.05 bits per heavy atom. The van der Waals surface area contributed by atoms with Crippen molar-refractivity contribution in [1.82, 2.24) is 10.3 Å². The van der Waals surface area contributed by atoms with E-state index in [1.54, 1.807) is 11.3 Å². The summed E-state index contributed by atoms with van der Waals surface area (Å²) in [7, 11) is 2.02.